The van der Waals surface area contributed by atoms with Gasteiger partial charge in [0.1, 0.15) is 23.2 Å². The van der Waals surface area contributed by atoms with Crippen molar-refractivity contribution in [2.24, 2.45) is 11.8 Å². The Labute approximate surface area is 175 Å². The molecule has 6 fully saturated rings. The van der Waals surface area contributed by atoms with Crippen LogP contribution >= 0.6 is 0 Å². The Hall–Kier alpha value is -1.96. The summed E-state index contributed by atoms with van der Waals surface area (Å²) in [4.78, 5) is 31.8. The fourth-order valence-electron chi connectivity index (χ4n) is 7.67. The van der Waals surface area contributed by atoms with Gasteiger partial charge in [0, 0.05) is 24.8 Å². The molecule has 4 bridgehead atoms. The van der Waals surface area contributed by atoms with Crippen molar-refractivity contribution in [3.63, 3.8) is 0 Å². The third-order valence-corrected chi connectivity index (χ3v) is 8.87. The molecule has 0 aromatic heterocycles. The van der Waals surface area contributed by atoms with Gasteiger partial charge in [-0.25, -0.2) is 0 Å². The summed E-state index contributed by atoms with van der Waals surface area (Å²) in [6, 6.07) is 5.67. The number of carbonyl (C=O) groups excluding carboxylic acids is 2. The fraction of sp³-hybridized carbons (Fsp3) is 0.652. The number of para-hydroxylation sites is 1. The summed E-state index contributed by atoms with van der Waals surface area (Å²) in [7, 11) is 3.76. The molecule has 1 aliphatic carbocycles. The maximum atomic E-state index is 14.0. The third kappa shape index (κ3) is 1.81. The lowest BCUT2D eigenvalue weighted by Gasteiger charge is -2.53. The van der Waals surface area contributed by atoms with E-state index < -0.39 is 5.41 Å². The Morgan fingerprint density at radius 2 is 2.10 bits per heavy atom. The number of likely N-dealkylation sites (N-methyl/N-ethyl adjacent to an activating group) is 1. The van der Waals surface area contributed by atoms with Crippen LogP contribution in [0.25, 0.3) is 0 Å². The highest BCUT2D eigenvalue weighted by Crippen LogP contribution is 2.65. The molecule has 7 atom stereocenters. The Kier molecular flexibility index (Phi) is 3.21. The molecule has 7 heteroatoms. The van der Waals surface area contributed by atoms with E-state index >= 15 is 0 Å². The largest absolute Gasteiger partial charge is 0.495 e. The number of epoxide rings is 1. The maximum absolute atomic E-state index is 14.0. The zero-order chi connectivity index (χ0) is 20.4. The Balaban J connectivity index is 1.53. The van der Waals surface area contributed by atoms with Crippen molar-refractivity contribution in [1.29, 1.82) is 0 Å². The van der Waals surface area contributed by atoms with Crippen molar-refractivity contribution in [1.82, 2.24) is 4.90 Å². The van der Waals surface area contributed by atoms with Gasteiger partial charge in [-0.2, -0.15) is 0 Å². The maximum Gasteiger partial charge on any atom is 0.230 e. The lowest BCUT2D eigenvalue weighted by molar-refractivity contribution is -0.144. The molecule has 5 saturated heterocycles. The molecular formula is C23H26N2O5. The second kappa shape index (κ2) is 5.44. The van der Waals surface area contributed by atoms with Crippen LogP contribution < -0.4 is 9.64 Å². The molecule has 8 rings (SSSR count). The number of anilines is 1. The van der Waals surface area contributed by atoms with Crippen LogP contribution in [-0.4, -0.2) is 74.3 Å². The standard InChI is InChI=1S/C23H26N2O5/c1-24-7-6-22-12-4-3-5-14(28-2)20(12)25-18(27)9-15-19(21(22)25)13(8-16(22)26)23(11-24)17(30-23)10-29-15/h3-5,13,15,17,19,21H,6-11H2,1-2H3/t13-,15+,17-,19+,21+,22+,23+/m1/s1. The normalized spacial score (nSPS) is 45.8. The second-order valence-electron chi connectivity index (χ2n) is 9.97. The molecule has 158 valence electrons. The minimum atomic E-state index is -0.697. The summed E-state index contributed by atoms with van der Waals surface area (Å²) >= 11 is 0. The molecule has 6 aliphatic heterocycles. The topological polar surface area (TPSA) is 71.6 Å². The van der Waals surface area contributed by atoms with E-state index in [-0.39, 0.29) is 47.4 Å². The van der Waals surface area contributed by atoms with Crippen molar-refractivity contribution in [3.05, 3.63) is 23.8 Å². The number of fused-ring (bicyclic) bond motifs is 6. The first-order valence-corrected chi connectivity index (χ1v) is 11.0. The van der Waals surface area contributed by atoms with E-state index in [1.807, 2.05) is 23.1 Å². The van der Waals surface area contributed by atoms with Crippen LogP contribution in [0, 0.1) is 11.8 Å². The van der Waals surface area contributed by atoms with Gasteiger partial charge >= 0.3 is 0 Å². The molecule has 6 heterocycles. The van der Waals surface area contributed by atoms with E-state index in [0.717, 1.165) is 24.3 Å². The van der Waals surface area contributed by atoms with Crippen LogP contribution in [0.2, 0.25) is 0 Å². The molecule has 2 spiro atoms. The van der Waals surface area contributed by atoms with Gasteiger partial charge in [-0.15, -0.1) is 0 Å². The van der Waals surface area contributed by atoms with Crippen LogP contribution in [-0.2, 0) is 24.5 Å². The zero-order valence-electron chi connectivity index (χ0n) is 17.3. The number of methoxy groups -OCH3 is 1. The van der Waals surface area contributed by atoms with Gasteiger partial charge in [0.15, 0.2) is 0 Å². The predicted molar refractivity (Wildman–Crippen MR) is 107 cm³/mol. The van der Waals surface area contributed by atoms with Crippen molar-refractivity contribution < 1.29 is 23.8 Å². The summed E-state index contributed by atoms with van der Waals surface area (Å²) < 4.78 is 18.3. The highest BCUT2D eigenvalue weighted by Gasteiger charge is 2.75. The average Bonchev–Trinajstić information content (AvgIpc) is 3.33. The number of benzene rings is 1. The summed E-state index contributed by atoms with van der Waals surface area (Å²) in [5, 5.41) is 0. The minimum Gasteiger partial charge on any atom is -0.495 e. The van der Waals surface area contributed by atoms with Crippen molar-refractivity contribution in [2.45, 2.75) is 48.5 Å². The molecule has 1 amide bonds. The van der Waals surface area contributed by atoms with Gasteiger partial charge in [-0.1, -0.05) is 12.1 Å². The lowest BCUT2D eigenvalue weighted by atomic mass is 9.54. The molecule has 1 aromatic rings. The molecule has 30 heavy (non-hydrogen) atoms. The molecule has 1 aromatic carbocycles. The molecule has 1 saturated carbocycles. The van der Waals surface area contributed by atoms with E-state index in [1.165, 1.54) is 0 Å². The Bertz CT molecular complexity index is 996. The number of Topliss-reactive ketones (excluding diaryl/α,β-unsaturated/α-hetero) is 1. The van der Waals surface area contributed by atoms with E-state index in [1.54, 1.807) is 7.11 Å². The minimum absolute atomic E-state index is 0.0239. The first-order valence-electron chi connectivity index (χ1n) is 11.0. The molecule has 0 unspecified atom stereocenters. The number of ketones is 1. The molecule has 0 radical (unpaired) electrons. The van der Waals surface area contributed by atoms with Crippen LogP contribution in [0.3, 0.4) is 0 Å². The van der Waals surface area contributed by atoms with Gasteiger partial charge < -0.3 is 24.0 Å². The first-order chi connectivity index (χ1) is 14.5. The number of carbonyl (C=O) groups is 2. The van der Waals surface area contributed by atoms with Gasteiger partial charge in [0.2, 0.25) is 5.91 Å². The highest BCUT2D eigenvalue weighted by atomic mass is 16.6. The van der Waals surface area contributed by atoms with Crippen LogP contribution in [0.1, 0.15) is 24.8 Å². The first kappa shape index (κ1) is 17.7. The Morgan fingerprint density at radius 1 is 1.23 bits per heavy atom. The number of nitrogens with zero attached hydrogens (tertiary/aromatic N) is 2. The Morgan fingerprint density at radius 3 is 2.93 bits per heavy atom. The third-order valence-electron chi connectivity index (χ3n) is 8.87. The van der Waals surface area contributed by atoms with Crippen molar-refractivity contribution in [3.8, 4) is 5.75 Å². The molecule has 7 aliphatic rings. The van der Waals surface area contributed by atoms with E-state index in [9.17, 15) is 9.59 Å². The predicted octanol–water partition coefficient (Wildman–Crippen LogP) is 1.13. The lowest BCUT2D eigenvalue weighted by Crippen LogP contribution is -2.67. The van der Waals surface area contributed by atoms with Crippen LogP contribution in [0.15, 0.2) is 18.2 Å². The smallest absolute Gasteiger partial charge is 0.230 e. The summed E-state index contributed by atoms with van der Waals surface area (Å²) in [6.07, 6.45) is 1.44. The van der Waals surface area contributed by atoms with Crippen molar-refractivity contribution in [2.75, 3.05) is 38.8 Å². The summed E-state index contributed by atoms with van der Waals surface area (Å²) in [6.45, 7) is 2.14. The number of ether oxygens (including phenoxy) is 3. The SMILES string of the molecule is COc1cccc2c1N1C(=O)C[C@@H]3OC[C@H]4O[C@]45CN(C)CC[C@@]24C(=O)C[C@@H]5[C@@H]3[C@H]14. The number of rotatable bonds is 1. The highest BCUT2D eigenvalue weighted by molar-refractivity contribution is 6.07. The number of hydrogen-bond acceptors (Lipinski definition) is 6. The van der Waals surface area contributed by atoms with Crippen LogP contribution in [0.4, 0.5) is 5.69 Å². The van der Waals surface area contributed by atoms with Gasteiger partial charge in [-0.3, -0.25) is 9.59 Å². The van der Waals surface area contributed by atoms with Gasteiger partial charge in [0.05, 0.1) is 43.4 Å². The number of piperidine rings is 1. The van der Waals surface area contributed by atoms with Gasteiger partial charge in [-0.05, 0) is 31.6 Å². The van der Waals surface area contributed by atoms with Crippen molar-refractivity contribution >= 4 is 17.4 Å². The quantitative estimate of drug-likeness (QED) is 0.647. The second-order valence-corrected chi connectivity index (χ2v) is 9.97. The summed E-state index contributed by atoms with van der Waals surface area (Å²) in [5.74, 6) is 1.15. The van der Waals surface area contributed by atoms with Gasteiger partial charge in [0.25, 0.3) is 0 Å². The van der Waals surface area contributed by atoms with Crippen LogP contribution in [0.5, 0.6) is 5.75 Å². The average molecular weight is 410 g/mol. The van der Waals surface area contributed by atoms with E-state index in [4.69, 9.17) is 14.2 Å². The van der Waals surface area contributed by atoms with E-state index in [2.05, 4.69) is 11.9 Å². The molecule has 7 nitrogen and oxygen atoms in total. The number of hydrogen-bond donors (Lipinski definition) is 0. The van der Waals surface area contributed by atoms with E-state index in [0.29, 0.717) is 31.6 Å². The summed E-state index contributed by atoms with van der Waals surface area (Å²) in [5.41, 5.74) is 0.742. The fourth-order valence-corrected chi connectivity index (χ4v) is 7.67. The zero-order valence-corrected chi connectivity index (χ0v) is 17.3. The number of amides is 1. The molecular weight excluding hydrogens is 384 g/mol. The monoisotopic (exact) mass is 410 g/mol. The molecule has 0 N–H and O–H groups in total.